The van der Waals surface area contributed by atoms with Crippen LogP contribution in [-0.4, -0.2) is 18.3 Å². The lowest BCUT2D eigenvalue weighted by Crippen LogP contribution is -2.06. The zero-order valence-corrected chi connectivity index (χ0v) is 11.5. The Bertz CT molecular complexity index is 366. The van der Waals surface area contributed by atoms with Crippen molar-refractivity contribution < 1.29 is 9.53 Å². The van der Waals surface area contributed by atoms with E-state index in [0.29, 0.717) is 17.9 Å². The maximum absolute atomic E-state index is 11.6. The minimum atomic E-state index is -0.116. The van der Waals surface area contributed by atoms with E-state index in [4.69, 9.17) is 16.3 Å². The zero-order valence-electron chi connectivity index (χ0n) is 9.13. The van der Waals surface area contributed by atoms with Crippen molar-refractivity contribution in [3.8, 4) is 5.75 Å². The number of carbonyl (C=O) groups excluding carboxylic acids is 1. The van der Waals surface area contributed by atoms with Crippen molar-refractivity contribution in [1.29, 1.82) is 0 Å². The molecular weight excluding hydrogens is 291 g/mol. The Balaban J connectivity index is 2.85. The Morgan fingerprint density at radius 2 is 2.25 bits per heavy atom. The number of hydrogen-bond donors (Lipinski definition) is 0. The van der Waals surface area contributed by atoms with E-state index >= 15 is 0 Å². The van der Waals surface area contributed by atoms with Gasteiger partial charge in [0.05, 0.1) is 18.1 Å². The first-order valence-corrected chi connectivity index (χ1v) is 6.53. The number of halogens is 2. The van der Waals surface area contributed by atoms with Gasteiger partial charge in [0, 0.05) is 4.47 Å². The van der Waals surface area contributed by atoms with Gasteiger partial charge >= 0.3 is 0 Å². The smallest absolute Gasteiger partial charge is 0.181 e. The highest BCUT2D eigenvalue weighted by molar-refractivity contribution is 9.10. The maximum Gasteiger partial charge on any atom is 0.181 e. The number of rotatable bonds is 6. The number of hydrogen-bond acceptors (Lipinski definition) is 2. The van der Waals surface area contributed by atoms with E-state index in [1.165, 1.54) is 0 Å². The van der Waals surface area contributed by atoms with E-state index in [0.717, 1.165) is 17.3 Å². The highest BCUT2D eigenvalue weighted by Gasteiger charge is 2.11. The maximum atomic E-state index is 11.6. The van der Waals surface area contributed by atoms with Gasteiger partial charge in [-0.25, -0.2) is 0 Å². The standard InChI is InChI=1S/C12H14BrClO2/c1-2-3-6-16-12-5-4-9(13)7-10(12)11(15)8-14/h4-5,7H,2-3,6,8H2,1H3. The van der Waals surface area contributed by atoms with Gasteiger partial charge in [0.25, 0.3) is 0 Å². The number of ether oxygens (including phenoxy) is 1. The van der Waals surface area contributed by atoms with Crippen LogP contribution in [0.25, 0.3) is 0 Å². The molecule has 0 N–H and O–H groups in total. The first-order valence-electron chi connectivity index (χ1n) is 5.20. The summed E-state index contributed by atoms with van der Waals surface area (Å²) in [5.41, 5.74) is 0.542. The Kier molecular flexibility index (Phi) is 5.85. The van der Waals surface area contributed by atoms with Gasteiger partial charge in [0.15, 0.2) is 5.78 Å². The number of carbonyl (C=O) groups is 1. The number of alkyl halides is 1. The number of ketones is 1. The van der Waals surface area contributed by atoms with E-state index in [2.05, 4.69) is 22.9 Å². The first-order chi connectivity index (χ1) is 7.69. The van der Waals surface area contributed by atoms with Crippen LogP contribution >= 0.6 is 27.5 Å². The molecule has 0 aliphatic carbocycles. The molecule has 1 rings (SSSR count). The molecular formula is C12H14BrClO2. The summed E-state index contributed by atoms with van der Waals surface area (Å²) in [6, 6.07) is 5.39. The number of Topliss-reactive ketones (excluding diaryl/α,β-unsaturated/α-hetero) is 1. The summed E-state index contributed by atoms with van der Waals surface area (Å²) < 4.78 is 6.41. The molecule has 88 valence electrons. The molecule has 0 amide bonds. The highest BCUT2D eigenvalue weighted by atomic mass is 79.9. The van der Waals surface area contributed by atoms with Crippen molar-refractivity contribution in [2.24, 2.45) is 0 Å². The average Bonchev–Trinajstić information content (AvgIpc) is 2.30. The fourth-order valence-corrected chi connectivity index (χ4v) is 1.75. The lowest BCUT2D eigenvalue weighted by molar-refractivity contribution is 0.101. The van der Waals surface area contributed by atoms with Crippen LogP contribution in [0.1, 0.15) is 30.1 Å². The Hall–Kier alpha value is -0.540. The van der Waals surface area contributed by atoms with Crippen molar-refractivity contribution in [2.75, 3.05) is 12.5 Å². The van der Waals surface area contributed by atoms with E-state index in [-0.39, 0.29) is 11.7 Å². The monoisotopic (exact) mass is 304 g/mol. The summed E-state index contributed by atoms with van der Waals surface area (Å²) in [5, 5.41) is 0. The summed E-state index contributed by atoms with van der Waals surface area (Å²) in [4.78, 5) is 11.6. The minimum Gasteiger partial charge on any atom is -0.493 e. The summed E-state index contributed by atoms with van der Waals surface area (Å²) in [5.74, 6) is 0.470. The molecule has 0 aromatic heterocycles. The van der Waals surface area contributed by atoms with Crippen LogP contribution in [0.5, 0.6) is 5.75 Å². The van der Waals surface area contributed by atoms with Crippen LogP contribution in [0.4, 0.5) is 0 Å². The molecule has 0 saturated heterocycles. The fraction of sp³-hybridized carbons (Fsp3) is 0.417. The third kappa shape index (κ3) is 3.80. The van der Waals surface area contributed by atoms with Crippen LogP contribution in [0.15, 0.2) is 22.7 Å². The van der Waals surface area contributed by atoms with E-state index in [1.807, 2.05) is 6.07 Å². The summed E-state index contributed by atoms with van der Waals surface area (Å²) >= 11 is 8.88. The summed E-state index contributed by atoms with van der Waals surface area (Å²) in [6.45, 7) is 2.72. The lowest BCUT2D eigenvalue weighted by atomic mass is 10.1. The molecule has 0 atom stereocenters. The van der Waals surface area contributed by atoms with E-state index in [9.17, 15) is 4.79 Å². The van der Waals surface area contributed by atoms with Crippen molar-refractivity contribution >= 4 is 33.3 Å². The molecule has 1 aromatic rings. The number of benzene rings is 1. The van der Waals surface area contributed by atoms with Gasteiger partial charge in [0.1, 0.15) is 5.75 Å². The summed E-state index contributed by atoms with van der Waals surface area (Å²) in [6.07, 6.45) is 2.04. The van der Waals surface area contributed by atoms with Crippen LogP contribution in [0.3, 0.4) is 0 Å². The third-order valence-electron chi connectivity index (χ3n) is 2.12. The molecule has 0 bridgehead atoms. The Labute approximate surface area is 109 Å². The fourth-order valence-electron chi connectivity index (χ4n) is 1.24. The lowest BCUT2D eigenvalue weighted by Gasteiger charge is -2.10. The largest absolute Gasteiger partial charge is 0.493 e. The molecule has 0 heterocycles. The van der Waals surface area contributed by atoms with Crippen molar-refractivity contribution in [2.45, 2.75) is 19.8 Å². The van der Waals surface area contributed by atoms with Crippen LogP contribution in [0, 0.1) is 0 Å². The van der Waals surface area contributed by atoms with E-state index in [1.54, 1.807) is 12.1 Å². The molecule has 2 nitrogen and oxygen atoms in total. The first kappa shape index (κ1) is 13.5. The predicted octanol–water partition coefficient (Wildman–Crippen LogP) is 4.05. The molecule has 0 radical (unpaired) electrons. The normalized spacial score (nSPS) is 10.2. The van der Waals surface area contributed by atoms with Crippen LogP contribution < -0.4 is 4.74 Å². The van der Waals surface area contributed by atoms with Gasteiger partial charge < -0.3 is 4.74 Å². The van der Waals surface area contributed by atoms with Crippen molar-refractivity contribution in [3.05, 3.63) is 28.2 Å². The second-order valence-electron chi connectivity index (χ2n) is 3.40. The average molecular weight is 306 g/mol. The second-order valence-corrected chi connectivity index (χ2v) is 4.58. The molecule has 0 spiro atoms. The quantitative estimate of drug-likeness (QED) is 0.450. The number of unbranched alkanes of at least 4 members (excludes halogenated alkanes) is 1. The van der Waals surface area contributed by atoms with Gasteiger partial charge in [-0.05, 0) is 24.6 Å². The molecule has 0 aliphatic rings. The second kappa shape index (κ2) is 6.92. The van der Waals surface area contributed by atoms with Gasteiger partial charge in [-0.1, -0.05) is 29.3 Å². The predicted molar refractivity (Wildman–Crippen MR) is 69.6 cm³/mol. The molecule has 0 aliphatic heterocycles. The molecule has 4 heteroatoms. The SMILES string of the molecule is CCCCOc1ccc(Br)cc1C(=O)CCl. The van der Waals surface area contributed by atoms with Crippen molar-refractivity contribution in [3.63, 3.8) is 0 Å². The van der Waals surface area contributed by atoms with E-state index < -0.39 is 0 Å². The third-order valence-corrected chi connectivity index (χ3v) is 2.85. The zero-order chi connectivity index (χ0) is 12.0. The van der Waals surface area contributed by atoms with Gasteiger partial charge in [-0.15, -0.1) is 11.6 Å². The molecule has 16 heavy (non-hydrogen) atoms. The van der Waals surface area contributed by atoms with Crippen LogP contribution in [-0.2, 0) is 0 Å². The van der Waals surface area contributed by atoms with Gasteiger partial charge in [0.2, 0.25) is 0 Å². The Morgan fingerprint density at radius 1 is 1.50 bits per heavy atom. The molecule has 0 unspecified atom stereocenters. The minimum absolute atomic E-state index is 0.0272. The summed E-state index contributed by atoms with van der Waals surface area (Å²) in [7, 11) is 0. The Morgan fingerprint density at radius 3 is 2.88 bits per heavy atom. The topological polar surface area (TPSA) is 26.3 Å². The van der Waals surface area contributed by atoms with Gasteiger partial charge in [-0.2, -0.15) is 0 Å². The van der Waals surface area contributed by atoms with Gasteiger partial charge in [-0.3, -0.25) is 4.79 Å². The molecule has 0 fully saturated rings. The van der Waals surface area contributed by atoms with Crippen LogP contribution in [0.2, 0.25) is 0 Å². The highest BCUT2D eigenvalue weighted by Crippen LogP contribution is 2.24. The van der Waals surface area contributed by atoms with Crippen molar-refractivity contribution in [1.82, 2.24) is 0 Å². The molecule has 1 aromatic carbocycles. The molecule has 0 saturated carbocycles.